The zero-order chi connectivity index (χ0) is 25.8. The third kappa shape index (κ3) is 5.47. The lowest BCUT2D eigenvalue weighted by atomic mass is 10.1. The zero-order valence-electron chi connectivity index (χ0n) is 19.8. The van der Waals surface area contributed by atoms with Crippen LogP contribution in [0.5, 0.6) is 11.5 Å². The van der Waals surface area contributed by atoms with Gasteiger partial charge < -0.3 is 14.8 Å². The van der Waals surface area contributed by atoms with Gasteiger partial charge in [0.2, 0.25) is 0 Å². The first-order chi connectivity index (χ1) is 17.3. The second-order valence-electron chi connectivity index (χ2n) is 7.94. The van der Waals surface area contributed by atoms with Crippen molar-refractivity contribution in [3.63, 3.8) is 0 Å². The average molecular weight is 567 g/mol. The van der Waals surface area contributed by atoms with Crippen molar-refractivity contribution < 1.29 is 23.9 Å². The lowest BCUT2D eigenvalue weighted by molar-refractivity contribution is -0.118. The second kappa shape index (κ2) is 11.0. The van der Waals surface area contributed by atoms with Gasteiger partial charge in [0.15, 0.2) is 18.1 Å². The first-order valence-corrected chi connectivity index (χ1v) is 12.6. The molecule has 0 saturated carbocycles. The monoisotopic (exact) mass is 566 g/mol. The highest BCUT2D eigenvalue weighted by atomic mass is 79.9. The molecule has 9 heteroatoms. The molecule has 0 aromatic heterocycles. The fraction of sp³-hybridized carbons (Fsp3) is 0.148. The maximum Gasteiger partial charge on any atom is 0.298 e. The van der Waals surface area contributed by atoms with Crippen LogP contribution in [0.4, 0.5) is 16.2 Å². The van der Waals surface area contributed by atoms with E-state index in [0.717, 1.165) is 37.9 Å². The summed E-state index contributed by atoms with van der Waals surface area (Å²) in [5.74, 6) is 0.0894. The van der Waals surface area contributed by atoms with Crippen LogP contribution in [0.3, 0.4) is 0 Å². The Hall–Kier alpha value is -3.56. The molecule has 7 nitrogen and oxygen atoms in total. The molecule has 36 heavy (non-hydrogen) atoms. The highest BCUT2D eigenvalue weighted by Gasteiger charge is 2.36. The van der Waals surface area contributed by atoms with Crippen molar-refractivity contribution in [2.45, 2.75) is 13.8 Å². The van der Waals surface area contributed by atoms with Crippen LogP contribution in [0.2, 0.25) is 0 Å². The summed E-state index contributed by atoms with van der Waals surface area (Å²) >= 11 is 4.36. The highest BCUT2D eigenvalue weighted by molar-refractivity contribution is 9.10. The van der Waals surface area contributed by atoms with Gasteiger partial charge in [0.25, 0.3) is 17.1 Å². The van der Waals surface area contributed by atoms with Crippen LogP contribution in [0.1, 0.15) is 16.7 Å². The molecular formula is C27H23BrN2O5S. The largest absolute Gasteiger partial charge is 0.493 e. The normalized spacial score (nSPS) is 14.3. The zero-order valence-corrected chi connectivity index (χ0v) is 22.2. The molecule has 3 amide bonds. The Kier molecular flexibility index (Phi) is 7.81. The number of benzene rings is 3. The molecule has 0 unspecified atom stereocenters. The van der Waals surface area contributed by atoms with Gasteiger partial charge in [-0.3, -0.25) is 14.4 Å². The number of carbonyl (C=O) groups is 3. The molecular weight excluding hydrogens is 544 g/mol. The number of nitrogens with zero attached hydrogens (tertiary/aromatic N) is 1. The molecule has 1 N–H and O–H groups in total. The SMILES string of the molecule is COc1cc(/C=C2\SC(=O)N(c3ccccc3)C2=O)ccc1OCC(=O)Nc1ccc(Br)c(C)c1C. The predicted molar refractivity (Wildman–Crippen MR) is 146 cm³/mol. The molecule has 0 spiro atoms. The number of ether oxygens (including phenoxy) is 2. The van der Waals surface area contributed by atoms with E-state index in [1.54, 1.807) is 48.5 Å². The van der Waals surface area contributed by atoms with Crippen LogP contribution < -0.4 is 19.7 Å². The standard InChI is InChI=1S/C27H23BrN2O5S/c1-16-17(2)21(11-10-20(16)28)29-25(31)15-35-22-12-9-18(13-23(22)34-3)14-24-26(32)30(27(33)36-24)19-7-5-4-6-8-19/h4-14H,15H2,1-3H3,(H,29,31)/b24-14-. The van der Waals surface area contributed by atoms with Crippen molar-refractivity contribution in [3.8, 4) is 11.5 Å². The number of rotatable bonds is 7. The van der Waals surface area contributed by atoms with E-state index in [1.807, 2.05) is 32.0 Å². The number of para-hydroxylation sites is 1. The van der Waals surface area contributed by atoms with Crippen molar-refractivity contribution in [1.29, 1.82) is 0 Å². The van der Waals surface area contributed by atoms with Gasteiger partial charge in [0.1, 0.15) is 0 Å². The average Bonchev–Trinajstić information content (AvgIpc) is 3.16. The fourth-order valence-corrected chi connectivity index (χ4v) is 4.84. The molecule has 0 aliphatic carbocycles. The Labute approximate surface area is 221 Å². The molecule has 0 bridgehead atoms. The molecule has 3 aromatic carbocycles. The molecule has 0 radical (unpaired) electrons. The van der Waals surface area contributed by atoms with E-state index in [1.165, 1.54) is 7.11 Å². The summed E-state index contributed by atoms with van der Waals surface area (Å²) in [4.78, 5) is 39.2. The van der Waals surface area contributed by atoms with Crippen molar-refractivity contribution >= 4 is 62.2 Å². The van der Waals surface area contributed by atoms with Crippen LogP contribution in [0, 0.1) is 13.8 Å². The number of hydrogen-bond donors (Lipinski definition) is 1. The Morgan fingerprint density at radius 3 is 2.50 bits per heavy atom. The number of carbonyl (C=O) groups excluding carboxylic acids is 3. The molecule has 3 aromatic rings. The topological polar surface area (TPSA) is 84.9 Å². The van der Waals surface area contributed by atoms with Gasteiger partial charge >= 0.3 is 0 Å². The van der Waals surface area contributed by atoms with Crippen LogP contribution in [0.25, 0.3) is 6.08 Å². The van der Waals surface area contributed by atoms with E-state index < -0.39 is 0 Å². The number of nitrogens with one attached hydrogen (secondary N) is 1. The van der Waals surface area contributed by atoms with E-state index in [9.17, 15) is 14.4 Å². The second-order valence-corrected chi connectivity index (χ2v) is 9.79. The van der Waals surface area contributed by atoms with E-state index in [0.29, 0.717) is 27.7 Å². The Morgan fingerprint density at radius 1 is 1.03 bits per heavy atom. The summed E-state index contributed by atoms with van der Waals surface area (Å²) in [5, 5.41) is 2.51. The summed E-state index contributed by atoms with van der Waals surface area (Å²) in [5.41, 5.74) is 3.92. The third-order valence-corrected chi connectivity index (χ3v) is 7.38. The van der Waals surface area contributed by atoms with Crippen LogP contribution in [-0.2, 0) is 9.59 Å². The van der Waals surface area contributed by atoms with Gasteiger partial charge in [-0.25, -0.2) is 4.90 Å². The summed E-state index contributed by atoms with van der Waals surface area (Å²) in [7, 11) is 1.49. The quantitative estimate of drug-likeness (QED) is 0.336. The minimum absolute atomic E-state index is 0.208. The maximum atomic E-state index is 12.8. The maximum absolute atomic E-state index is 12.8. The van der Waals surface area contributed by atoms with Crippen LogP contribution >= 0.6 is 27.7 Å². The molecule has 1 aliphatic rings. The molecule has 4 rings (SSSR count). The van der Waals surface area contributed by atoms with Crippen LogP contribution in [-0.4, -0.2) is 30.8 Å². The minimum atomic E-state index is -0.384. The van der Waals surface area contributed by atoms with Crippen LogP contribution in [0.15, 0.2) is 70.0 Å². The Bertz CT molecular complexity index is 1370. The molecule has 184 valence electrons. The van der Waals surface area contributed by atoms with Crippen molar-refractivity contribution in [2.24, 2.45) is 0 Å². The number of imide groups is 1. The van der Waals surface area contributed by atoms with Gasteiger partial charge in [-0.05, 0) is 84.8 Å². The molecule has 1 saturated heterocycles. The number of methoxy groups -OCH3 is 1. The fourth-order valence-electron chi connectivity index (χ4n) is 3.56. The molecule has 1 aliphatic heterocycles. The van der Waals surface area contributed by atoms with Gasteiger partial charge in [0.05, 0.1) is 17.7 Å². The van der Waals surface area contributed by atoms with E-state index in [-0.39, 0.29) is 23.7 Å². The van der Waals surface area contributed by atoms with E-state index in [4.69, 9.17) is 9.47 Å². The van der Waals surface area contributed by atoms with Crippen molar-refractivity contribution in [1.82, 2.24) is 0 Å². The lowest BCUT2D eigenvalue weighted by Crippen LogP contribution is -2.27. The van der Waals surface area contributed by atoms with Crippen molar-refractivity contribution in [3.05, 3.63) is 86.7 Å². The first kappa shape index (κ1) is 25.5. The van der Waals surface area contributed by atoms with Gasteiger partial charge in [0, 0.05) is 10.2 Å². The number of anilines is 2. The van der Waals surface area contributed by atoms with Gasteiger partial charge in [-0.1, -0.05) is 40.2 Å². The summed E-state index contributed by atoms with van der Waals surface area (Å²) in [6.45, 7) is 3.70. The predicted octanol–water partition coefficient (Wildman–Crippen LogP) is 6.33. The smallest absolute Gasteiger partial charge is 0.298 e. The van der Waals surface area contributed by atoms with Crippen molar-refractivity contribution in [2.75, 3.05) is 23.9 Å². The molecule has 1 heterocycles. The number of amides is 3. The number of thioether (sulfide) groups is 1. The Balaban J connectivity index is 1.45. The van der Waals surface area contributed by atoms with E-state index >= 15 is 0 Å². The summed E-state index contributed by atoms with van der Waals surface area (Å²) < 4.78 is 12.1. The number of halogens is 1. The third-order valence-electron chi connectivity index (χ3n) is 5.65. The highest BCUT2D eigenvalue weighted by Crippen LogP contribution is 2.37. The molecule has 1 fully saturated rings. The van der Waals surface area contributed by atoms with E-state index in [2.05, 4.69) is 21.2 Å². The summed E-state index contributed by atoms with van der Waals surface area (Å²) in [6.07, 6.45) is 1.63. The van der Waals surface area contributed by atoms with Gasteiger partial charge in [-0.2, -0.15) is 0 Å². The first-order valence-electron chi connectivity index (χ1n) is 11.0. The summed E-state index contributed by atoms with van der Waals surface area (Å²) in [6, 6.07) is 17.6. The minimum Gasteiger partial charge on any atom is -0.493 e. The number of hydrogen-bond acceptors (Lipinski definition) is 6. The van der Waals surface area contributed by atoms with Gasteiger partial charge in [-0.15, -0.1) is 0 Å². The lowest BCUT2D eigenvalue weighted by Gasteiger charge is -2.14. The Morgan fingerprint density at radius 2 is 1.78 bits per heavy atom. The molecule has 0 atom stereocenters.